The fourth-order valence-corrected chi connectivity index (χ4v) is 3.52. The number of carbonyl (C=O) groups excluding carboxylic acids is 1. The predicted molar refractivity (Wildman–Crippen MR) is 102 cm³/mol. The summed E-state index contributed by atoms with van der Waals surface area (Å²) in [5, 5.41) is 7.16. The SMILES string of the molecule is CCOc1ccc2nc(NC(=O)c3ccc(-n4cccn4)c(F)c3)sc2c1. The average molecular weight is 382 g/mol. The van der Waals surface area contributed by atoms with Crippen molar-refractivity contribution < 1.29 is 13.9 Å². The number of ether oxygens (including phenoxy) is 1. The third kappa shape index (κ3) is 3.52. The standard InChI is InChI=1S/C19H15FN4O2S/c1-2-26-13-5-6-15-17(11-13)27-19(22-15)23-18(25)12-4-7-16(14(20)10-12)24-9-3-8-21-24/h3-11H,2H2,1H3,(H,22,23,25). The van der Waals surface area contributed by atoms with Crippen molar-refractivity contribution in [2.24, 2.45) is 0 Å². The molecule has 0 aliphatic rings. The molecule has 0 saturated carbocycles. The zero-order valence-corrected chi connectivity index (χ0v) is 15.2. The van der Waals surface area contributed by atoms with Gasteiger partial charge in [-0.2, -0.15) is 5.10 Å². The van der Waals surface area contributed by atoms with Gasteiger partial charge in [-0.3, -0.25) is 10.1 Å². The lowest BCUT2D eigenvalue weighted by molar-refractivity contribution is 0.102. The molecule has 27 heavy (non-hydrogen) atoms. The second-order valence-electron chi connectivity index (χ2n) is 5.65. The number of hydrogen-bond donors (Lipinski definition) is 1. The van der Waals surface area contributed by atoms with Crippen molar-refractivity contribution in [1.82, 2.24) is 14.8 Å². The van der Waals surface area contributed by atoms with E-state index in [1.54, 1.807) is 24.5 Å². The lowest BCUT2D eigenvalue weighted by atomic mass is 10.2. The number of halogens is 1. The Labute approximate surface area is 158 Å². The molecule has 0 radical (unpaired) electrons. The average Bonchev–Trinajstić information content (AvgIpc) is 3.31. The van der Waals surface area contributed by atoms with Gasteiger partial charge in [0.2, 0.25) is 0 Å². The number of anilines is 1. The van der Waals surface area contributed by atoms with Gasteiger partial charge in [0.15, 0.2) is 5.13 Å². The number of hydrogen-bond acceptors (Lipinski definition) is 5. The predicted octanol–water partition coefficient (Wildman–Crippen LogP) is 4.27. The molecule has 0 aliphatic heterocycles. The minimum atomic E-state index is -0.531. The molecule has 0 unspecified atom stereocenters. The van der Waals surface area contributed by atoms with Crippen LogP contribution in [0.1, 0.15) is 17.3 Å². The molecule has 0 bridgehead atoms. The molecule has 4 rings (SSSR count). The van der Waals surface area contributed by atoms with E-state index in [0.29, 0.717) is 11.7 Å². The van der Waals surface area contributed by atoms with E-state index in [9.17, 15) is 9.18 Å². The minimum absolute atomic E-state index is 0.206. The Hall–Kier alpha value is -3.26. The van der Waals surface area contributed by atoms with Crippen LogP contribution in [-0.2, 0) is 0 Å². The summed E-state index contributed by atoms with van der Waals surface area (Å²) in [5.41, 5.74) is 1.25. The Bertz CT molecular complexity index is 1110. The Morgan fingerprint density at radius 3 is 2.93 bits per heavy atom. The second-order valence-corrected chi connectivity index (χ2v) is 6.68. The number of nitrogens with zero attached hydrogens (tertiary/aromatic N) is 3. The van der Waals surface area contributed by atoms with Crippen LogP contribution < -0.4 is 10.1 Å². The molecule has 2 aromatic heterocycles. The zero-order chi connectivity index (χ0) is 18.8. The van der Waals surface area contributed by atoms with E-state index in [1.165, 1.54) is 28.2 Å². The lowest BCUT2D eigenvalue weighted by Crippen LogP contribution is -2.12. The maximum absolute atomic E-state index is 14.3. The lowest BCUT2D eigenvalue weighted by Gasteiger charge is -2.06. The number of nitrogens with one attached hydrogen (secondary N) is 1. The van der Waals surface area contributed by atoms with Gasteiger partial charge in [-0.1, -0.05) is 11.3 Å². The van der Waals surface area contributed by atoms with Crippen molar-refractivity contribution in [2.45, 2.75) is 6.92 Å². The molecule has 0 fully saturated rings. The van der Waals surface area contributed by atoms with Crippen LogP contribution >= 0.6 is 11.3 Å². The Morgan fingerprint density at radius 1 is 1.30 bits per heavy atom. The summed E-state index contributed by atoms with van der Waals surface area (Å²) in [4.78, 5) is 16.8. The fraction of sp³-hybridized carbons (Fsp3) is 0.105. The molecule has 2 heterocycles. The van der Waals surface area contributed by atoms with E-state index >= 15 is 0 Å². The summed E-state index contributed by atoms with van der Waals surface area (Å²) in [6, 6.07) is 11.5. The van der Waals surface area contributed by atoms with Gasteiger partial charge in [-0.25, -0.2) is 14.1 Å². The first kappa shape index (κ1) is 17.2. The van der Waals surface area contributed by atoms with E-state index in [4.69, 9.17) is 4.74 Å². The van der Waals surface area contributed by atoms with Gasteiger partial charge in [0.1, 0.15) is 17.3 Å². The molecule has 1 N–H and O–H groups in total. The fourth-order valence-electron chi connectivity index (χ4n) is 2.63. The van der Waals surface area contributed by atoms with Crippen LogP contribution in [0.15, 0.2) is 54.9 Å². The zero-order valence-electron chi connectivity index (χ0n) is 14.3. The van der Waals surface area contributed by atoms with Gasteiger partial charge in [-0.05, 0) is 49.4 Å². The minimum Gasteiger partial charge on any atom is -0.494 e. The molecule has 0 atom stereocenters. The molecule has 1 amide bonds. The smallest absolute Gasteiger partial charge is 0.257 e. The molecule has 4 aromatic rings. The monoisotopic (exact) mass is 382 g/mol. The van der Waals surface area contributed by atoms with Crippen LogP contribution in [0.5, 0.6) is 5.75 Å². The topological polar surface area (TPSA) is 69.0 Å². The normalized spacial score (nSPS) is 10.9. The maximum Gasteiger partial charge on any atom is 0.257 e. The highest BCUT2D eigenvalue weighted by Gasteiger charge is 2.13. The van der Waals surface area contributed by atoms with Crippen molar-refractivity contribution in [3.05, 3.63) is 66.2 Å². The van der Waals surface area contributed by atoms with Crippen molar-refractivity contribution in [3.63, 3.8) is 0 Å². The van der Waals surface area contributed by atoms with Gasteiger partial charge >= 0.3 is 0 Å². The molecule has 6 nitrogen and oxygen atoms in total. The largest absolute Gasteiger partial charge is 0.494 e. The van der Waals surface area contributed by atoms with E-state index < -0.39 is 11.7 Å². The number of thiazole rings is 1. The summed E-state index contributed by atoms with van der Waals surface area (Å²) in [6.45, 7) is 2.49. The summed E-state index contributed by atoms with van der Waals surface area (Å²) in [6.07, 6.45) is 3.19. The van der Waals surface area contributed by atoms with Crippen LogP contribution in [0.3, 0.4) is 0 Å². The van der Waals surface area contributed by atoms with Crippen molar-refractivity contribution in [2.75, 3.05) is 11.9 Å². The third-order valence-electron chi connectivity index (χ3n) is 3.85. The Kier molecular flexibility index (Phi) is 4.55. The Balaban J connectivity index is 1.55. The molecule has 0 aliphatic carbocycles. The van der Waals surface area contributed by atoms with Crippen LogP contribution in [-0.4, -0.2) is 27.3 Å². The quantitative estimate of drug-likeness (QED) is 0.560. The van der Waals surface area contributed by atoms with Gasteiger partial charge in [0.25, 0.3) is 5.91 Å². The van der Waals surface area contributed by atoms with Gasteiger partial charge in [-0.15, -0.1) is 0 Å². The third-order valence-corrected chi connectivity index (χ3v) is 4.79. The molecule has 136 valence electrons. The van der Waals surface area contributed by atoms with Gasteiger partial charge in [0, 0.05) is 18.0 Å². The maximum atomic E-state index is 14.3. The Morgan fingerprint density at radius 2 is 2.19 bits per heavy atom. The van der Waals surface area contributed by atoms with Crippen LogP contribution in [0.4, 0.5) is 9.52 Å². The highest BCUT2D eigenvalue weighted by atomic mass is 32.1. The number of rotatable bonds is 5. The summed E-state index contributed by atoms with van der Waals surface area (Å²) < 4.78 is 22.1. The number of amides is 1. The van der Waals surface area contributed by atoms with E-state index in [0.717, 1.165) is 16.0 Å². The second kappa shape index (κ2) is 7.16. The molecular weight excluding hydrogens is 367 g/mol. The van der Waals surface area contributed by atoms with Crippen molar-refractivity contribution >= 4 is 32.6 Å². The van der Waals surface area contributed by atoms with Gasteiger partial charge < -0.3 is 4.74 Å². The first-order valence-corrected chi connectivity index (χ1v) is 9.10. The molecular formula is C19H15FN4O2S. The van der Waals surface area contributed by atoms with Crippen LogP contribution in [0.25, 0.3) is 15.9 Å². The van der Waals surface area contributed by atoms with Gasteiger partial charge in [0.05, 0.1) is 16.8 Å². The number of aromatic nitrogens is 3. The molecule has 2 aromatic carbocycles. The molecule has 8 heteroatoms. The summed E-state index contributed by atoms with van der Waals surface area (Å²) in [5.74, 6) is -0.204. The highest BCUT2D eigenvalue weighted by molar-refractivity contribution is 7.22. The highest BCUT2D eigenvalue weighted by Crippen LogP contribution is 2.29. The number of carbonyl (C=O) groups is 1. The van der Waals surface area contributed by atoms with Crippen LogP contribution in [0.2, 0.25) is 0 Å². The summed E-state index contributed by atoms with van der Waals surface area (Å²) in [7, 11) is 0. The molecule has 0 saturated heterocycles. The van der Waals surface area contributed by atoms with Crippen molar-refractivity contribution in [3.8, 4) is 11.4 Å². The van der Waals surface area contributed by atoms with E-state index in [1.807, 2.05) is 25.1 Å². The van der Waals surface area contributed by atoms with E-state index in [2.05, 4.69) is 15.4 Å². The van der Waals surface area contributed by atoms with Crippen LogP contribution in [0, 0.1) is 5.82 Å². The van der Waals surface area contributed by atoms with Crippen molar-refractivity contribution in [1.29, 1.82) is 0 Å². The van der Waals surface area contributed by atoms with E-state index in [-0.39, 0.29) is 11.3 Å². The number of fused-ring (bicyclic) bond motifs is 1. The first-order valence-electron chi connectivity index (χ1n) is 8.28. The molecule has 0 spiro atoms. The first-order chi connectivity index (χ1) is 13.1. The summed E-state index contributed by atoms with van der Waals surface area (Å²) >= 11 is 1.33. The number of benzene rings is 2.